The van der Waals surface area contributed by atoms with E-state index in [1.807, 2.05) is 0 Å². The number of thioether (sulfide) groups is 1. The molecule has 1 aliphatic carbocycles. The van der Waals surface area contributed by atoms with Crippen molar-refractivity contribution in [1.82, 2.24) is 0 Å². The molecule has 0 aromatic rings. The molecule has 2 rings (SSSR count). The molecule has 0 saturated carbocycles. The van der Waals surface area contributed by atoms with Crippen LogP contribution in [0.25, 0.3) is 0 Å². The maximum atomic E-state index is 12.6. The number of esters is 1. The molecule has 2 aliphatic rings. The van der Waals surface area contributed by atoms with Gasteiger partial charge >= 0.3 is 5.97 Å². The van der Waals surface area contributed by atoms with Crippen LogP contribution in [0.5, 0.6) is 0 Å². The summed E-state index contributed by atoms with van der Waals surface area (Å²) in [4.78, 5) is 28.1. The number of carbonyl (C=O) groups is 2. The molecule has 1 amide bonds. The Balaban J connectivity index is 2.44. The summed E-state index contributed by atoms with van der Waals surface area (Å²) in [5.74, 6) is -1.41. The molecule has 25 heavy (non-hydrogen) atoms. The van der Waals surface area contributed by atoms with Gasteiger partial charge in [0.25, 0.3) is 0 Å². The van der Waals surface area contributed by atoms with E-state index in [4.69, 9.17) is 10.5 Å². The normalized spacial score (nSPS) is 26.0. The third-order valence-electron chi connectivity index (χ3n) is 4.48. The van der Waals surface area contributed by atoms with E-state index in [1.165, 1.54) is 0 Å². The molecule has 0 bridgehead atoms. The summed E-state index contributed by atoms with van der Waals surface area (Å²) in [6.45, 7) is 3.84. The van der Waals surface area contributed by atoms with Crippen molar-refractivity contribution in [2.24, 2.45) is 28.5 Å². The van der Waals surface area contributed by atoms with Gasteiger partial charge < -0.3 is 10.5 Å². The molecule has 1 unspecified atom stereocenters. The molecule has 7 heteroatoms. The molecule has 0 aromatic carbocycles. The number of primary amides is 1. The van der Waals surface area contributed by atoms with Crippen LogP contribution in [0.4, 0.5) is 0 Å². The fourth-order valence-corrected chi connectivity index (χ4v) is 4.26. The van der Waals surface area contributed by atoms with Crippen LogP contribution in [0.15, 0.2) is 27.7 Å². The molecule has 0 aromatic heterocycles. The van der Waals surface area contributed by atoms with Crippen molar-refractivity contribution in [2.75, 3.05) is 12.4 Å². The number of amides is 1. The lowest BCUT2D eigenvalue weighted by Gasteiger charge is -2.36. The van der Waals surface area contributed by atoms with Crippen LogP contribution < -0.4 is 5.73 Å². The van der Waals surface area contributed by atoms with Crippen LogP contribution in [-0.4, -0.2) is 29.9 Å². The average molecular weight is 361 g/mol. The lowest BCUT2D eigenvalue weighted by Crippen LogP contribution is -2.39. The lowest BCUT2D eigenvalue weighted by molar-refractivity contribution is -0.147. The Labute approximate surface area is 152 Å². The van der Waals surface area contributed by atoms with Crippen LogP contribution in [-0.2, 0) is 14.3 Å². The van der Waals surface area contributed by atoms with Crippen molar-refractivity contribution in [3.63, 3.8) is 0 Å². The summed E-state index contributed by atoms with van der Waals surface area (Å²) >= 11 is 1.16. The van der Waals surface area contributed by atoms with Crippen molar-refractivity contribution >= 4 is 29.4 Å². The van der Waals surface area contributed by atoms with Crippen LogP contribution in [0.1, 0.15) is 33.1 Å². The van der Waals surface area contributed by atoms with Gasteiger partial charge in [-0.15, -0.1) is 0 Å². The number of ether oxygens (including phenoxy) is 1. The maximum absolute atomic E-state index is 12.6. The molecule has 0 spiro atoms. The number of hydrogen-bond donors (Lipinski definition) is 1. The van der Waals surface area contributed by atoms with Gasteiger partial charge in [0, 0.05) is 11.6 Å². The molecule has 0 saturated heterocycles. The maximum Gasteiger partial charge on any atom is 0.315 e. The first-order valence-electron chi connectivity index (χ1n) is 8.41. The highest BCUT2D eigenvalue weighted by atomic mass is 32.2. The zero-order chi connectivity index (χ0) is 18.4. The molecule has 3 atom stereocenters. The number of aliphatic imine (C=N–C) groups is 1. The summed E-state index contributed by atoms with van der Waals surface area (Å²) in [6.07, 6.45) is 6.87. The van der Waals surface area contributed by atoms with Crippen molar-refractivity contribution in [2.45, 2.75) is 33.1 Å². The minimum Gasteiger partial charge on any atom is -0.465 e. The highest BCUT2D eigenvalue weighted by Gasteiger charge is 2.43. The van der Waals surface area contributed by atoms with E-state index in [-0.39, 0.29) is 30.2 Å². The topological polar surface area (TPSA) is 106 Å². The smallest absolute Gasteiger partial charge is 0.315 e. The molecule has 1 heterocycles. The van der Waals surface area contributed by atoms with Crippen molar-refractivity contribution in [1.29, 1.82) is 5.26 Å². The van der Waals surface area contributed by atoms with Gasteiger partial charge in [0.05, 0.1) is 24.0 Å². The predicted molar refractivity (Wildman–Crippen MR) is 97.5 cm³/mol. The molecule has 134 valence electrons. The Morgan fingerprint density at radius 2 is 2.24 bits per heavy atom. The fraction of sp³-hybridized carbons (Fsp3) is 0.556. The van der Waals surface area contributed by atoms with Gasteiger partial charge in [-0.05, 0) is 39.0 Å². The van der Waals surface area contributed by atoms with Crippen LogP contribution >= 0.6 is 11.8 Å². The largest absolute Gasteiger partial charge is 0.465 e. The molecule has 6 nitrogen and oxygen atoms in total. The van der Waals surface area contributed by atoms with Crippen LogP contribution in [0.3, 0.4) is 0 Å². The summed E-state index contributed by atoms with van der Waals surface area (Å²) < 4.78 is 5.25. The predicted octanol–water partition coefficient (Wildman–Crippen LogP) is 2.57. The summed E-state index contributed by atoms with van der Waals surface area (Å²) in [5, 5.41) is 10.3. The average Bonchev–Trinajstić information content (AvgIpc) is 2.60. The second kappa shape index (κ2) is 8.86. The zero-order valence-electron chi connectivity index (χ0n) is 14.5. The summed E-state index contributed by atoms with van der Waals surface area (Å²) in [7, 11) is 0. The fourth-order valence-electron chi connectivity index (χ4n) is 3.43. The Morgan fingerprint density at radius 1 is 1.48 bits per heavy atom. The molecule has 0 fully saturated rings. The Bertz CT molecular complexity index is 676. The van der Waals surface area contributed by atoms with E-state index < -0.39 is 11.8 Å². The number of allylic oxidation sites excluding steroid dienone is 3. The second-order valence-corrected chi connectivity index (χ2v) is 7.10. The lowest BCUT2D eigenvalue weighted by atomic mass is 9.70. The van der Waals surface area contributed by atoms with Gasteiger partial charge in [-0.1, -0.05) is 23.9 Å². The van der Waals surface area contributed by atoms with E-state index in [1.54, 1.807) is 13.8 Å². The van der Waals surface area contributed by atoms with Gasteiger partial charge in [-0.3, -0.25) is 9.59 Å². The summed E-state index contributed by atoms with van der Waals surface area (Å²) in [5.41, 5.74) is 6.32. The minimum absolute atomic E-state index is 0.0542. The molecular weight excluding hydrogens is 338 g/mol. The molecule has 0 radical (unpaired) electrons. The Hall–Kier alpha value is -2.07. The van der Waals surface area contributed by atoms with Crippen molar-refractivity contribution in [3.05, 3.63) is 22.8 Å². The van der Waals surface area contributed by atoms with Gasteiger partial charge in [0.1, 0.15) is 10.9 Å². The SMILES string of the molecule is CCOC(=O)C1C(C)=NC(SCC(N)=O)=C(C#N)[C@H]1[C@@H]1CC=CCC1. The zero-order valence-corrected chi connectivity index (χ0v) is 15.3. The van der Waals surface area contributed by atoms with Crippen molar-refractivity contribution in [3.8, 4) is 6.07 Å². The number of carbonyl (C=O) groups excluding carboxylic acids is 2. The highest BCUT2D eigenvalue weighted by Crippen LogP contribution is 2.43. The molecule has 2 N–H and O–H groups in total. The number of hydrogen-bond acceptors (Lipinski definition) is 6. The van der Waals surface area contributed by atoms with Gasteiger partial charge in [-0.25, -0.2) is 4.99 Å². The standard InChI is InChI=1S/C18H23N3O3S/c1-3-24-18(23)15-11(2)21-17(25-10-14(20)22)13(9-19)16(15)12-7-5-4-6-8-12/h4-5,12,15-16H,3,6-8,10H2,1-2H3,(H2,20,22)/t12-,15?,16-/m1/s1. The number of nitrogens with two attached hydrogens (primary N) is 1. The number of nitriles is 1. The minimum atomic E-state index is -0.552. The number of nitrogens with zero attached hydrogens (tertiary/aromatic N) is 2. The quantitative estimate of drug-likeness (QED) is 0.578. The van der Waals surface area contributed by atoms with Crippen LogP contribution in [0.2, 0.25) is 0 Å². The first kappa shape index (κ1) is 19.3. The Kier molecular flexibility index (Phi) is 6.82. The first-order chi connectivity index (χ1) is 12.0. The first-order valence-corrected chi connectivity index (χ1v) is 9.40. The molecule has 1 aliphatic heterocycles. The van der Waals surface area contributed by atoms with Crippen LogP contribution in [0, 0.1) is 29.1 Å². The highest BCUT2D eigenvalue weighted by molar-refractivity contribution is 8.03. The third kappa shape index (κ3) is 4.51. The van der Waals surface area contributed by atoms with Crippen molar-refractivity contribution < 1.29 is 14.3 Å². The second-order valence-electron chi connectivity index (χ2n) is 6.14. The van der Waals surface area contributed by atoms with Gasteiger partial charge in [-0.2, -0.15) is 5.26 Å². The van der Waals surface area contributed by atoms with E-state index >= 15 is 0 Å². The van der Waals surface area contributed by atoms with E-state index in [9.17, 15) is 14.9 Å². The van der Waals surface area contributed by atoms with E-state index in [0.29, 0.717) is 16.3 Å². The summed E-state index contributed by atoms with van der Waals surface area (Å²) in [6, 6.07) is 2.24. The Morgan fingerprint density at radius 3 is 2.80 bits per heavy atom. The van der Waals surface area contributed by atoms with E-state index in [2.05, 4.69) is 23.2 Å². The van der Waals surface area contributed by atoms with Gasteiger partial charge in [0.2, 0.25) is 5.91 Å². The third-order valence-corrected chi connectivity index (χ3v) is 5.49. The molecular formula is C18H23N3O3S. The number of rotatable bonds is 6. The monoisotopic (exact) mass is 361 g/mol. The van der Waals surface area contributed by atoms with E-state index in [0.717, 1.165) is 31.0 Å². The van der Waals surface area contributed by atoms with Gasteiger partial charge in [0.15, 0.2) is 0 Å².